The molecule has 0 spiro atoms. The van der Waals surface area contributed by atoms with Gasteiger partial charge in [-0.15, -0.1) is 0 Å². The molecular formula is C16H7ClN3O7-. The predicted octanol–water partition coefficient (Wildman–Crippen LogP) is 2.57. The number of carbonyl (C=O) groups excluding carboxylic acids is 1. The lowest BCUT2D eigenvalue weighted by atomic mass is 9.99. The van der Waals surface area contributed by atoms with Gasteiger partial charge in [-0.05, 0) is 23.5 Å². The van der Waals surface area contributed by atoms with Gasteiger partial charge < -0.3 is 9.94 Å². The summed E-state index contributed by atoms with van der Waals surface area (Å²) in [6.45, 7) is 0. The molecule has 11 heteroatoms. The molecule has 1 aliphatic rings. The first-order chi connectivity index (χ1) is 12.8. The summed E-state index contributed by atoms with van der Waals surface area (Å²) in [6, 6.07) is 7.35. The highest BCUT2D eigenvalue weighted by molar-refractivity contribution is 6.34. The van der Waals surface area contributed by atoms with E-state index >= 15 is 0 Å². The summed E-state index contributed by atoms with van der Waals surface area (Å²) in [7, 11) is 0. The molecule has 136 valence electrons. The maximum atomic E-state index is 12.2. The third kappa shape index (κ3) is 3.33. The molecule has 0 amide bonds. The number of nitro groups is 2. The first-order valence-electron chi connectivity index (χ1n) is 7.19. The van der Waals surface area contributed by atoms with E-state index in [9.17, 15) is 30.1 Å². The molecule has 0 aromatic heterocycles. The molecule has 0 bridgehead atoms. The number of rotatable bonds is 4. The molecule has 0 radical (unpaired) electrons. The zero-order valence-corrected chi connectivity index (χ0v) is 13.9. The molecule has 0 saturated carbocycles. The maximum absolute atomic E-state index is 12.2. The minimum absolute atomic E-state index is 0.0642. The lowest BCUT2D eigenvalue weighted by molar-refractivity contribution is -0.398. The maximum Gasteiger partial charge on any atom is 0.368 e. The Kier molecular flexibility index (Phi) is 4.57. The van der Waals surface area contributed by atoms with Crippen LogP contribution in [0.2, 0.25) is 5.02 Å². The van der Waals surface area contributed by atoms with Crippen LogP contribution >= 0.6 is 11.6 Å². The van der Waals surface area contributed by atoms with E-state index < -0.39 is 32.9 Å². The van der Waals surface area contributed by atoms with Crippen molar-refractivity contribution in [1.29, 1.82) is 0 Å². The monoisotopic (exact) mass is 388 g/mol. The Morgan fingerprint density at radius 3 is 2.44 bits per heavy atom. The largest absolute Gasteiger partial charge is 0.867 e. The van der Waals surface area contributed by atoms with Gasteiger partial charge in [-0.25, -0.2) is 4.79 Å². The summed E-state index contributed by atoms with van der Waals surface area (Å²) in [6.07, 6.45) is 1.09. The number of halogens is 1. The van der Waals surface area contributed by atoms with Crippen molar-refractivity contribution in [2.24, 2.45) is 5.16 Å². The molecule has 2 aromatic carbocycles. The fourth-order valence-electron chi connectivity index (χ4n) is 2.37. The summed E-state index contributed by atoms with van der Waals surface area (Å²) in [5, 5.41) is 37.5. The summed E-state index contributed by atoms with van der Waals surface area (Å²) in [4.78, 5) is 37.0. The van der Waals surface area contributed by atoms with E-state index in [0.29, 0.717) is 0 Å². The van der Waals surface area contributed by atoms with E-state index in [1.807, 2.05) is 0 Å². The van der Waals surface area contributed by atoms with Gasteiger partial charge >= 0.3 is 5.97 Å². The van der Waals surface area contributed by atoms with Gasteiger partial charge in [0.2, 0.25) is 0 Å². The minimum atomic E-state index is -0.909. The molecule has 3 rings (SSSR count). The number of hydrogen-bond donors (Lipinski definition) is 0. The molecule has 0 saturated heterocycles. The van der Waals surface area contributed by atoms with Crippen molar-refractivity contribution >= 4 is 40.7 Å². The average Bonchev–Trinajstić information content (AvgIpc) is 2.97. The smallest absolute Gasteiger partial charge is 0.368 e. The summed E-state index contributed by atoms with van der Waals surface area (Å²) in [5.41, 5.74) is -1.28. The van der Waals surface area contributed by atoms with E-state index in [0.717, 1.165) is 18.2 Å². The van der Waals surface area contributed by atoms with E-state index in [1.54, 1.807) is 0 Å². The molecule has 2 aromatic rings. The first kappa shape index (κ1) is 18.0. The van der Waals surface area contributed by atoms with Crippen molar-refractivity contribution in [2.45, 2.75) is 0 Å². The van der Waals surface area contributed by atoms with Gasteiger partial charge in [0.1, 0.15) is 10.7 Å². The van der Waals surface area contributed by atoms with Crippen LogP contribution in [0.1, 0.15) is 11.1 Å². The highest BCUT2D eigenvalue weighted by Gasteiger charge is 2.28. The van der Waals surface area contributed by atoms with Crippen LogP contribution < -0.4 is 5.11 Å². The van der Waals surface area contributed by atoms with E-state index in [4.69, 9.17) is 11.6 Å². The number of benzene rings is 2. The normalized spacial score (nSPS) is 14.8. The van der Waals surface area contributed by atoms with Crippen molar-refractivity contribution in [1.82, 2.24) is 0 Å². The van der Waals surface area contributed by atoms with E-state index in [-0.39, 0.29) is 27.4 Å². The van der Waals surface area contributed by atoms with Gasteiger partial charge in [0.15, 0.2) is 0 Å². The van der Waals surface area contributed by atoms with Crippen molar-refractivity contribution < 1.29 is 24.6 Å². The van der Waals surface area contributed by atoms with Gasteiger partial charge in [-0.2, -0.15) is 0 Å². The topological polar surface area (TPSA) is 148 Å². The van der Waals surface area contributed by atoms with Gasteiger partial charge in [-0.1, -0.05) is 35.0 Å². The van der Waals surface area contributed by atoms with Crippen LogP contribution in [-0.4, -0.2) is 21.5 Å². The number of para-hydroxylation sites is 1. The second-order valence-electron chi connectivity index (χ2n) is 5.25. The van der Waals surface area contributed by atoms with E-state index in [2.05, 4.69) is 9.99 Å². The molecule has 1 aliphatic heterocycles. The van der Waals surface area contributed by atoms with Crippen LogP contribution in [-0.2, 0) is 9.63 Å². The summed E-state index contributed by atoms with van der Waals surface area (Å²) >= 11 is 5.76. The van der Waals surface area contributed by atoms with Crippen molar-refractivity contribution in [2.75, 3.05) is 0 Å². The van der Waals surface area contributed by atoms with Crippen LogP contribution in [0.3, 0.4) is 0 Å². The zero-order chi connectivity index (χ0) is 19.7. The Morgan fingerprint density at radius 2 is 1.78 bits per heavy atom. The fraction of sp³-hybridized carbons (Fsp3) is 0. The standard InChI is InChI=1S/C16H8ClN3O7/c17-11-5-4-8(7-13(11)20(25)26)14-10(16(22)27-18-14)6-9-2-1-3-12(15(9)21)19(23)24/h1-7,21H/p-1/b10-6-. The average molecular weight is 389 g/mol. The lowest BCUT2D eigenvalue weighted by Gasteiger charge is -2.11. The first-order valence-corrected chi connectivity index (χ1v) is 7.57. The van der Waals surface area contributed by atoms with Gasteiger partial charge in [0.05, 0.1) is 15.4 Å². The van der Waals surface area contributed by atoms with Crippen LogP contribution in [0, 0.1) is 20.2 Å². The molecule has 1 heterocycles. The fourth-order valence-corrected chi connectivity index (χ4v) is 2.56. The number of hydrogen-bond acceptors (Lipinski definition) is 8. The van der Waals surface area contributed by atoms with Gasteiger partial charge in [0.25, 0.3) is 11.4 Å². The number of nitrogens with zero attached hydrogens (tertiary/aromatic N) is 3. The molecular weight excluding hydrogens is 382 g/mol. The molecule has 0 unspecified atom stereocenters. The van der Waals surface area contributed by atoms with Crippen LogP contribution in [0.25, 0.3) is 6.08 Å². The van der Waals surface area contributed by atoms with Crippen molar-refractivity contribution in [3.8, 4) is 5.75 Å². The quantitative estimate of drug-likeness (QED) is 0.338. The molecule has 0 atom stereocenters. The third-order valence-corrected chi connectivity index (χ3v) is 3.95. The minimum Gasteiger partial charge on any atom is -0.867 e. The van der Waals surface area contributed by atoms with Crippen LogP contribution in [0.5, 0.6) is 5.75 Å². The Labute approximate surface area is 155 Å². The summed E-state index contributed by atoms with van der Waals surface area (Å²) in [5.74, 6) is -1.80. The summed E-state index contributed by atoms with van der Waals surface area (Å²) < 4.78 is 0. The van der Waals surface area contributed by atoms with Gasteiger partial charge in [-0.3, -0.25) is 20.2 Å². The van der Waals surface area contributed by atoms with Crippen LogP contribution in [0.15, 0.2) is 47.1 Å². The second-order valence-corrected chi connectivity index (χ2v) is 5.66. The number of nitro benzene ring substituents is 2. The van der Waals surface area contributed by atoms with Crippen molar-refractivity contribution in [3.05, 3.63) is 78.3 Å². The lowest BCUT2D eigenvalue weighted by Crippen LogP contribution is -2.08. The highest BCUT2D eigenvalue weighted by Crippen LogP contribution is 2.31. The Morgan fingerprint density at radius 1 is 1.07 bits per heavy atom. The molecule has 0 fully saturated rings. The Hall–Kier alpha value is -3.79. The Balaban J connectivity index is 2.10. The third-order valence-electron chi connectivity index (χ3n) is 3.63. The highest BCUT2D eigenvalue weighted by atomic mass is 35.5. The molecule has 0 aliphatic carbocycles. The van der Waals surface area contributed by atoms with E-state index in [1.165, 1.54) is 24.3 Å². The van der Waals surface area contributed by atoms with Gasteiger partial charge in [0, 0.05) is 17.7 Å². The predicted molar refractivity (Wildman–Crippen MR) is 91.3 cm³/mol. The molecule has 27 heavy (non-hydrogen) atoms. The molecule has 10 nitrogen and oxygen atoms in total. The SMILES string of the molecule is O=C1ON=C(c2ccc(Cl)c([N+](=O)[O-])c2)/C1=C/c1cccc([N+](=O)[O-])c1[O-]. The molecule has 0 N–H and O–H groups in total. The zero-order valence-electron chi connectivity index (χ0n) is 13.1. The second kappa shape index (κ2) is 6.84. The Bertz CT molecular complexity index is 1060. The van der Waals surface area contributed by atoms with Crippen molar-refractivity contribution in [3.63, 3.8) is 0 Å². The number of carbonyl (C=O) groups is 1. The number of oxime groups is 1. The van der Waals surface area contributed by atoms with Crippen LogP contribution in [0.4, 0.5) is 11.4 Å².